The van der Waals surface area contributed by atoms with Gasteiger partial charge in [0.1, 0.15) is 11.8 Å². The lowest BCUT2D eigenvalue weighted by Gasteiger charge is -2.33. The topological polar surface area (TPSA) is 96.0 Å². The number of carbonyl (C=O) groups is 2. The highest BCUT2D eigenvalue weighted by molar-refractivity contribution is 7.92. The molecule has 0 saturated carbocycles. The van der Waals surface area contributed by atoms with Crippen LogP contribution < -0.4 is 14.4 Å². The Labute approximate surface area is 242 Å². The van der Waals surface area contributed by atoms with Crippen molar-refractivity contribution in [2.45, 2.75) is 72.0 Å². The van der Waals surface area contributed by atoms with E-state index < -0.39 is 21.6 Å². The first-order valence-corrected chi connectivity index (χ1v) is 15.5. The van der Waals surface area contributed by atoms with Crippen LogP contribution in [0.3, 0.4) is 0 Å². The summed E-state index contributed by atoms with van der Waals surface area (Å²) in [6.07, 6.45) is 1.79. The summed E-state index contributed by atoms with van der Waals surface area (Å²) in [5.74, 6) is -0.0896. The molecule has 39 heavy (non-hydrogen) atoms. The van der Waals surface area contributed by atoms with E-state index in [1.165, 1.54) is 9.21 Å². The van der Waals surface area contributed by atoms with Crippen LogP contribution in [0.25, 0.3) is 0 Å². The van der Waals surface area contributed by atoms with Crippen LogP contribution in [0.5, 0.6) is 5.75 Å². The van der Waals surface area contributed by atoms with Crippen molar-refractivity contribution in [2.75, 3.05) is 23.7 Å². The molecule has 0 saturated heterocycles. The van der Waals surface area contributed by atoms with Crippen molar-refractivity contribution in [1.82, 2.24) is 10.2 Å². The maximum Gasteiger partial charge on any atom is 0.243 e. The van der Waals surface area contributed by atoms with Crippen LogP contribution in [-0.4, -0.2) is 56.1 Å². The van der Waals surface area contributed by atoms with Crippen LogP contribution in [-0.2, 0) is 26.2 Å². The maximum atomic E-state index is 13.6. The molecule has 0 spiro atoms. The Balaban J connectivity index is 2.30. The second-order valence-electron chi connectivity index (χ2n) is 10.3. The van der Waals surface area contributed by atoms with Crippen molar-refractivity contribution in [1.29, 1.82) is 0 Å². The summed E-state index contributed by atoms with van der Waals surface area (Å²) in [4.78, 5) is 28.3. The minimum absolute atomic E-state index is 0.0312. The molecule has 0 aliphatic carbocycles. The van der Waals surface area contributed by atoms with Gasteiger partial charge in [0.2, 0.25) is 21.8 Å². The maximum absolute atomic E-state index is 13.6. The van der Waals surface area contributed by atoms with Gasteiger partial charge in [-0.05, 0) is 70.4 Å². The first kappa shape index (κ1) is 32.7. The van der Waals surface area contributed by atoms with E-state index in [1.54, 1.807) is 42.5 Å². The van der Waals surface area contributed by atoms with Crippen LogP contribution in [0, 0.1) is 0 Å². The van der Waals surface area contributed by atoms with E-state index in [9.17, 15) is 18.0 Å². The molecule has 216 valence electrons. The van der Waals surface area contributed by atoms with Gasteiger partial charge in [-0.2, -0.15) is 0 Å². The van der Waals surface area contributed by atoms with Crippen molar-refractivity contribution in [2.24, 2.45) is 0 Å². The van der Waals surface area contributed by atoms with Gasteiger partial charge in [-0.15, -0.1) is 0 Å². The van der Waals surface area contributed by atoms with Crippen LogP contribution >= 0.6 is 23.2 Å². The number of halogens is 2. The summed E-state index contributed by atoms with van der Waals surface area (Å²) in [5, 5.41) is 3.71. The number of sulfonamides is 1. The molecule has 2 aromatic rings. The zero-order valence-corrected chi connectivity index (χ0v) is 25.8. The number of rotatable bonds is 13. The minimum Gasteiger partial charge on any atom is -0.492 e. The molecule has 0 bridgehead atoms. The summed E-state index contributed by atoms with van der Waals surface area (Å²) >= 11 is 12.3. The molecule has 1 N–H and O–H groups in total. The van der Waals surface area contributed by atoms with Crippen LogP contribution in [0.1, 0.15) is 59.4 Å². The summed E-state index contributed by atoms with van der Waals surface area (Å²) in [6.45, 7) is 9.90. The number of para-hydroxylation sites is 2. The number of anilines is 1. The van der Waals surface area contributed by atoms with E-state index in [2.05, 4.69) is 5.32 Å². The third-order valence-corrected chi connectivity index (χ3v) is 7.73. The molecular weight excluding hydrogens is 561 g/mol. The molecule has 2 aromatic carbocycles. The van der Waals surface area contributed by atoms with Gasteiger partial charge in [0.25, 0.3) is 0 Å². The Morgan fingerprint density at radius 3 is 2.28 bits per heavy atom. The Bertz CT molecular complexity index is 1250. The van der Waals surface area contributed by atoms with Crippen LogP contribution in [0.15, 0.2) is 42.5 Å². The van der Waals surface area contributed by atoms with Gasteiger partial charge in [-0.25, -0.2) is 8.42 Å². The predicted molar refractivity (Wildman–Crippen MR) is 158 cm³/mol. The summed E-state index contributed by atoms with van der Waals surface area (Å²) in [6, 6.07) is 11.3. The van der Waals surface area contributed by atoms with Crippen molar-refractivity contribution in [3.63, 3.8) is 0 Å². The highest BCUT2D eigenvalue weighted by Crippen LogP contribution is 2.30. The molecule has 1 unspecified atom stereocenters. The molecule has 0 heterocycles. The lowest BCUT2D eigenvalue weighted by atomic mass is 10.0. The van der Waals surface area contributed by atoms with Gasteiger partial charge in [-0.3, -0.25) is 13.9 Å². The van der Waals surface area contributed by atoms with Gasteiger partial charge < -0.3 is 15.0 Å². The van der Waals surface area contributed by atoms with Crippen LogP contribution in [0.2, 0.25) is 10.0 Å². The highest BCUT2D eigenvalue weighted by atomic mass is 35.5. The van der Waals surface area contributed by atoms with E-state index in [0.717, 1.165) is 11.8 Å². The van der Waals surface area contributed by atoms with Crippen molar-refractivity contribution >= 4 is 50.7 Å². The molecule has 0 fully saturated rings. The standard InChI is InChI=1S/C28H39Cl2N3O5S/c1-7-23(27(35)31-28(3,4)5)32(19-20-15-16-21(29)22(30)18-20)26(34)14-11-17-33(39(6,36)37)24-12-9-10-13-25(24)38-8-2/h9-10,12-13,15-16,18,23H,7-8,11,14,17,19H2,1-6H3,(H,31,35). The lowest BCUT2D eigenvalue weighted by Crippen LogP contribution is -2.53. The average molecular weight is 601 g/mol. The zero-order valence-electron chi connectivity index (χ0n) is 23.5. The number of carbonyl (C=O) groups excluding carboxylic acids is 2. The van der Waals surface area contributed by atoms with Gasteiger partial charge in [0.05, 0.1) is 28.6 Å². The summed E-state index contributed by atoms with van der Waals surface area (Å²) in [7, 11) is -3.65. The fraction of sp³-hybridized carbons (Fsp3) is 0.500. The monoisotopic (exact) mass is 599 g/mol. The Morgan fingerprint density at radius 1 is 1.05 bits per heavy atom. The Morgan fingerprint density at radius 2 is 1.72 bits per heavy atom. The largest absolute Gasteiger partial charge is 0.492 e. The van der Waals surface area contributed by atoms with E-state index in [4.69, 9.17) is 27.9 Å². The number of amides is 2. The number of nitrogens with one attached hydrogen (secondary N) is 1. The van der Waals surface area contributed by atoms with Gasteiger partial charge in [-0.1, -0.05) is 48.3 Å². The first-order valence-electron chi connectivity index (χ1n) is 12.9. The Hall–Kier alpha value is -2.49. The quantitative estimate of drug-likeness (QED) is 0.320. The molecule has 2 rings (SSSR count). The van der Waals surface area contributed by atoms with Crippen molar-refractivity contribution < 1.29 is 22.7 Å². The van der Waals surface area contributed by atoms with Crippen molar-refractivity contribution in [3.05, 3.63) is 58.1 Å². The number of ether oxygens (including phenoxy) is 1. The number of hydrogen-bond donors (Lipinski definition) is 1. The molecule has 0 aliphatic rings. The normalized spacial score (nSPS) is 12.5. The zero-order chi connectivity index (χ0) is 29.4. The molecule has 0 aromatic heterocycles. The lowest BCUT2D eigenvalue weighted by molar-refractivity contribution is -0.142. The van der Waals surface area contributed by atoms with Crippen molar-refractivity contribution in [3.8, 4) is 5.75 Å². The molecule has 11 heteroatoms. The molecule has 8 nitrogen and oxygen atoms in total. The molecule has 1 atom stereocenters. The number of benzene rings is 2. The molecule has 0 radical (unpaired) electrons. The first-order chi connectivity index (χ1) is 18.2. The third-order valence-electron chi connectivity index (χ3n) is 5.81. The van der Waals surface area contributed by atoms with E-state index >= 15 is 0 Å². The van der Waals surface area contributed by atoms with E-state index in [1.807, 2.05) is 34.6 Å². The summed E-state index contributed by atoms with van der Waals surface area (Å²) in [5.41, 5.74) is 0.660. The van der Waals surface area contributed by atoms with Gasteiger partial charge in [0.15, 0.2) is 0 Å². The number of nitrogens with zero attached hydrogens (tertiary/aromatic N) is 2. The van der Waals surface area contributed by atoms with Gasteiger partial charge in [0, 0.05) is 25.0 Å². The fourth-order valence-electron chi connectivity index (χ4n) is 4.13. The smallest absolute Gasteiger partial charge is 0.243 e. The highest BCUT2D eigenvalue weighted by Gasteiger charge is 2.31. The molecule has 0 aliphatic heterocycles. The minimum atomic E-state index is -3.65. The molecule has 2 amide bonds. The number of hydrogen-bond acceptors (Lipinski definition) is 5. The third kappa shape index (κ3) is 9.89. The van der Waals surface area contributed by atoms with Crippen LogP contribution in [0.4, 0.5) is 5.69 Å². The second-order valence-corrected chi connectivity index (χ2v) is 13.0. The molecular formula is C28H39Cl2N3O5S. The second kappa shape index (κ2) is 14.2. The Kier molecular flexibility index (Phi) is 11.9. The summed E-state index contributed by atoms with van der Waals surface area (Å²) < 4.78 is 32.2. The van der Waals surface area contributed by atoms with Gasteiger partial charge >= 0.3 is 0 Å². The van der Waals surface area contributed by atoms with E-state index in [0.29, 0.717) is 34.5 Å². The fourth-order valence-corrected chi connectivity index (χ4v) is 5.42. The predicted octanol–water partition coefficient (Wildman–Crippen LogP) is 5.66. The SMILES string of the molecule is CCOc1ccccc1N(CCCC(=O)N(Cc1ccc(Cl)c(Cl)c1)C(CC)C(=O)NC(C)(C)C)S(C)(=O)=O. The average Bonchev–Trinajstić information content (AvgIpc) is 2.82. The van der Waals surface area contributed by atoms with E-state index in [-0.39, 0.29) is 37.7 Å².